The summed E-state index contributed by atoms with van der Waals surface area (Å²) in [6.45, 7) is 0.812. The molecule has 2 N–H and O–H groups in total. The first-order valence-electron chi connectivity index (χ1n) is 4.18. The van der Waals surface area contributed by atoms with Gasteiger partial charge in [-0.1, -0.05) is 6.07 Å². The first-order chi connectivity index (χ1) is 6.20. The molecule has 3 nitrogen and oxygen atoms in total. The Morgan fingerprint density at radius 1 is 1.54 bits per heavy atom. The Labute approximate surface area is 80.1 Å². The van der Waals surface area contributed by atoms with Gasteiger partial charge in [-0.3, -0.25) is 4.31 Å². The molecule has 4 heteroatoms. The van der Waals surface area contributed by atoms with E-state index < -0.39 is 11.0 Å². The van der Waals surface area contributed by atoms with Crippen LogP contribution < -0.4 is 10.0 Å². The lowest BCUT2D eigenvalue weighted by Gasteiger charge is -2.14. The molecular weight excluding hydrogens is 184 g/mol. The minimum atomic E-state index is -0.933. The molecule has 0 bridgehead atoms. The van der Waals surface area contributed by atoms with E-state index in [9.17, 15) is 4.21 Å². The molecule has 0 saturated carbocycles. The molecule has 0 saturated heterocycles. The van der Waals surface area contributed by atoms with Crippen LogP contribution in [0.4, 0.5) is 11.4 Å². The third-order valence-corrected chi connectivity index (χ3v) is 3.33. The second-order valence-corrected chi connectivity index (χ2v) is 4.41. The van der Waals surface area contributed by atoms with Gasteiger partial charge in [0.15, 0.2) is 0 Å². The molecule has 1 atom stereocenters. The van der Waals surface area contributed by atoms with Crippen molar-refractivity contribution in [2.45, 2.75) is 6.42 Å². The van der Waals surface area contributed by atoms with Crippen molar-refractivity contribution in [3.8, 4) is 0 Å². The van der Waals surface area contributed by atoms with Crippen molar-refractivity contribution < 1.29 is 4.21 Å². The lowest BCUT2D eigenvalue weighted by molar-refractivity contribution is 0.684. The molecular formula is C9H12N2OS. The minimum absolute atomic E-state index is 0.811. The second kappa shape index (κ2) is 3.03. The molecule has 0 radical (unpaired) electrons. The molecule has 0 fully saturated rings. The molecule has 1 unspecified atom stereocenters. The lowest BCUT2D eigenvalue weighted by atomic mass is 10.1. The Kier molecular flexibility index (Phi) is 2.00. The van der Waals surface area contributed by atoms with Gasteiger partial charge in [-0.25, -0.2) is 4.21 Å². The van der Waals surface area contributed by atoms with Crippen molar-refractivity contribution in [2.24, 2.45) is 0 Å². The molecule has 1 aromatic rings. The Bertz CT molecular complexity index is 365. The Hall–Kier alpha value is -1.03. The summed E-state index contributed by atoms with van der Waals surface area (Å²) in [7, 11) is -0.933. The van der Waals surface area contributed by atoms with Gasteiger partial charge in [-0.15, -0.1) is 0 Å². The van der Waals surface area contributed by atoms with E-state index in [1.165, 1.54) is 0 Å². The maximum Gasteiger partial charge on any atom is 0.116 e. The van der Waals surface area contributed by atoms with Gasteiger partial charge in [0.1, 0.15) is 11.0 Å². The van der Waals surface area contributed by atoms with Crippen LogP contribution in [0, 0.1) is 0 Å². The zero-order chi connectivity index (χ0) is 9.42. The van der Waals surface area contributed by atoms with Crippen molar-refractivity contribution in [3.63, 3.8) is 0 Å². The summed E-state index contributed by atoms with van der Waals surface area (Å²) >= 11 is 0. The van der Waals surface area contributed by atoms with E-state index in [2.05, 4.69) is 0 Å². The maximum absolute atomic E-state index is 11.3. The summed E-state index contributed by atoms with van der Waals surface area (Å²) in [5.41, 5.74) is 8.78. The fourth-order valence-electron chi connectivity index (χ4n) is 1.70. The molecule has 13 heavy (non-hydrogen) atoms. The maximum atomic E-state index is 11.3. The van der Waals surface area contributed by atoms with Gasteiger partial charge < -0.3 is 5.73 Å². The van der Waals surface area contributed by atoms with Crippen molar-refractivity contribution in [3.05, 3.63) is 23.8 Å². The quantitative estimate of drug-likeness (QED) is 0.679. The van der Waals surface area contributed by atoms with Gasteiger partial charge >= 0.3 is 0 Å². The molecule has 0 aliphatic carbocycles. The van der Waals surface area contributed by atoms with Crippen molar-refractivity contribution in [2.75, 3.05) is 22.8 Å². The molecule has 1 aliphatic rings. The molecule has 0 spiro atoms. The van der Waals surface area contributed by atoms with E-state index in [-0.39, 0.29) is 0 Å². The van der Waals surface area contributed by atoms with Gasteiger partial charge in [0.05, 0.1) is 5.69 Å². The predicted octanol–water partition coefficient (Wildman–Crippen LogP) is 0.925. The Balaban J connectivity index is 2.49. The smallest absolute Gasteiger partial charge is 0.116 e. The topological polar surface area (TPSA) is 46.3 Å². The summed E-state index contributed by atoms with van der Waals surface area (Å²) in [5, 5.41) is 0. The van der Waals surface area contributed by atoms with Gasteiger partial charge in [0.25, 0.3) is 0 Å². The van der Waals surface area contributed by atoms with E-state index in [0.717, 1.165) is 29.9 Å². The zero-order valence-electron chi connectivity index (χ0n) is 7.49. The predicted molar refractivity (Wildman–Crippen MR) is 56.0 cm³/mol. The first-order valence-corrected chi connectivity index (χ1v) is 5.70. The fraction of sp³-hybridized carbons (Fsp3) is 0.333. The van der Waals surface area contributed by atoms with Gasteiger partial charge in [-0.05, 0) is 18.6 Å². The third kappa shape index (κ3) is 1.31. The average Bonchev–Trinajstić information content (AvgIpc) is 2.48. The van der Waals surface area contributed by atoms with Gasteiger partial charge in [0.2, 0.25) is 0 Å². The Morgan fingerprint density at radius 3 is 3.00 bits per heavy atom. The van der Waals surface area contributed by atoms with E-state index in [1.54, 1.807) is 6.26 Å². The van der Waals surface area contributed by atoms with Gasteiger partial charge in [0, 0.05) is 24.1 Å². The largest absolute Gasteiger partial charge is 0.398 e. The molecule has 1 heterocycles. The highest BCUT2D eigenvalue weighted by Crippen LogP contribution is 2.32. The standard InChI is InChI=1S/C9H12N2OS/c1-13(12)11-6-5-7-8(10)3-2-4-9(7)11/h2-4H,5-6,10H2,1H3. The number of hydrogen-bond acceptors (Lipinski definition) is 2. The molecule has 2 rings (SSSR count). The molecule has 0 amide bonds. The van der Waals surface area contributed by atoms with Crippen molar-refractivity contribution in [1.82, 2.24) is 0 Å². The SMILES string of the molecule is CS(=O)N1CCc2c(N)cccc21. The van der Waals surface area contributed by atoms with E-state index in [4.69, 9.17) is 5.73 Å². The highest BCUT2D eigenvalue weighted by molar-refractivity contribution is 7.85. The molecule has 1 aliphatic heterocycles. The van der Waals surface area contributed by atoms with Crippen LogP contribution in [-0.2, 0) is 17.4 Å². The number of fused-ring (bicyclic) bond motifs is 1. The number of anilines is 2. The van der Waals surface area contributed by atoms with E-state index in [1.807, 2.05) is 22.5 Å². The average molecular weight is 196 g/mol. The highest BCUT2D eigenvalue weighted by Gasteiger charge is 2.22. The van der Waals surface area contributed by atoms with Crippen molar-refractivity contribution in [1.29, 1.82) is 0 Å². The van der Waals surface area contributed by atoms with Crippen LogP contribution in [-0.4, -0.2) is 17.0 Å². The van der Waals surface area contributed by atoms with Crippen LogP contribution >= 0.6 is 0 Å². The van der Waals surface area contributed by atoms with E-state index >= 15 is 0 Å². The summed E-state index contributed by atoms with van der Waals surface area (Å²) in [6.07, 6.45) is 2.60. The number of rotatable bonds is 1. The number of nitrogens with zero attached hydrogens (tertiary/aromatic N) is 1. The van der Waals surface area contributed by atoms with E-state index in [0.29, 0.717) is 0 Å². The number of nitrogens with two attached hydrogens (primary N) is 1. The fourth-order valence-corrected chi connectivity index (χ4v) is 2.50. The third-order valence-electron chi connectivity index (χ3n) is 2.33. The summed E-state index contributed by atoms with van der Waals surface area (Å²) in [4.78, 5) is 0. The number of hydrogen-bond donors (Lipinski definition) is 1. The first kappa shape index (κ1) is 8.56. The number of benzene rings is 1. The minimum Gasteiger partial charge on any atom is -0.398 e. The van der Waals surface area contributed by atoms with Crippen LogP contribution in [0.3, 0.4) is 0 Å². The van der Waals surface area contributed by atoms with Crippen molar-refractivity contribution >= 4 is 22.4 Å². The van der Waals surface area contributed by atoms with Crippen LogP contribution in [0.25, 0.3) is 0 Å². The highest BCUT2D eigenvalue weighted by atomic mass is 32.2. The summed E-state index contributed by atoms with van der Waals surface area (Å²) < 4.78 is 13.2. The van der Waals surface area contributed by atoms with Crippen LogP contribution in [0.5, 0.6) is 0 Å². The van der Waals surface area contributed by atoms with Crippen LogP contribution in [0.1, 0.15) is 5.56 Å². The Morgan fingerprint density at radius 2 is 2.31 bits per heavy atom. The number of nitrogen functional groups attached to an aromatic ring is 1. The summed E-state index contributed by atoms with van der Waals surface area (Å²) in [6, 6.07) is 5.76. The molecule has 1 aromatic carbocycles. The monoisotopic (exact) mass is 196 g/mol. The van der Waals surface area contributed by atoms with Crippen LogP contribution in [0.15, 0.2) is 18.2 Å². The normalized spacial score (nSPS) is 17.2. The second-order valence-electron chi connectivity index (χ2n) is 3.12. The lowest BCUT2D eigenvalue weighted by Crippen LogP contribution is -2.21. The zero-order valence-corrected chi connectivity index (χ0v) is 8.30. The van der Waals surface area contributed by atoms with Crippen LogP contribution in [0.2, 0.25) is 0 Å². The van der Waals surface area contributed by atoms with Gasteiger partial charge in [-0.2, -0.15) is 0 Å². The molecule has 70 valence electrons. The molecule has 0 aromatic heterocycles. The summed E-state index contributed by atoms with van der Waals surface area (Å²) in [5.74, 6) is 0.